The van der Waals surface area contributed by atoms with Crippen LogP contribution in [-0.4, -0.2) is 35.6 Å². The molecule has 1 aliphatic rings. The van der Waals surface area contributed by atoms with Gasteiger partial charge >= 0.3 is 0 Å². The lowest BCUT2D eigenvalue weighted by molar-refractivity contribution is 0.0628. The van der Waals surface area contributed by atoms with Crippen LogP contribution in [0.5, 0.6) is 0 Å². The highest BCUT2D eigenvalue weighted by Gasteiger charge is 2.32. The quantitative estimate of drug-likeness (QED) is 0.901. The van der Waals surface area contributed by atoms with Crippen LogP contribution in [0.2, 0.25) is 5.02 Å². The van der Waals surface area contributed by atoms with Crippen molar-refractivity contribution in [3.63, 3.8) is 0 Å². The van der Waals surface area contributed by atoms with Gasteiger partial charge in [0.15, 0.2) is 0 Å². The lowest BCUT2D eigenvalue weighted by Gasteiger charge is -2.25. The average molecular weight is 286 g/mol. The molecule has 1 N–H and O–H groups in total. The van der Waals surface area contributed by atoms with E-state index < -0.39 is 0 Å². The summed E-state index contributed by atoms with van der Waals surface area (Å²) in [6.45, 7) is 5.20. The van der Waals surface area contributed by atoms with Gasteiger partial charge in [0.25, 0.3) is 0 Å². The lowest BCUT2D eigenvalue weighted by atomic mass is 9.94. The van der Waals surface area contributed by atoms with Crippen LogP contribution in [0.15, 0.2) is 0 Å². The molecule has 0 amide bonds. The molecule has 19 heavy (non-hydrogen) atoms. The summed E-state index contributed by atoms with van der Waals surface area (Å²) in [6.07, 6.45) is 3.13. The van der Waals surface area contributed by atoms with Crippen molar-refractivity contribution >= 4 is 11.6 Å². The van der Waals surface area contributed by atoms with Crippen LogP contribution in [0.4, 0.5) is 0 Å². The molecule has 1 fully saturated rings. The van der Waals surface area contributed by atoms with Crippen LogP contribution in [0.3, 0.4) is 0 Å². The molecule has 3 unspecified atom stereocenters. The summed E-state index contributed by atoms with van der Waals surface area (Å²) in [4.78, 5) is 0. The van der Waals surface area contributed by atoms with Gasteiger partial charge in [-0.25, -0.2) is 0 Å². The highest BCUT2D eigenvalue weighted by Crippen LogP contribution is 2.27. The first-order chi connectivity index (χ1) is 9.08. The van der Waals surface area contributed by atoms with Crippen LogP contribution in [0, 0.1) is 5.92 Å². The first-order valence-electron chi connectivity index (χ1n) is 7.07. The van der Waals surface area contributed by atoms with Gasteiger partial charge < -0.3 is 10.1 Å². The number of ether oxygens (including phenoxy) is 1. The topological polar surface area (TPSA) is 39.1 Å². The zero-order valence-corrected chi connectivity index (χ0v) is 13.0. The first kappa shape index (κ1) is 14.8. The highest BCUT2D eigenvalue weighted by atomic mass is 35.5. The number of aryl methyl sites for hydroxylation is 2. The van der Waals surface area contributed by atoms with E-state index in [4.69, 9.17) is 16.3 Å². The summed E-state index contributed by atoms with van der Waals surface area (Å²) in [5, 5.41) is 8.67. The Bertz CT molecular complexity index is 433. The van der Waals surface area contributed by atoms with E-state index in [0.29, 0.717) is 5.92 Å². The van der Waals surface area contributed by atoms with Gasteiger partial charge in [-0.05, 0) is 25.8 Å². The molecule has 0 aliphatic carbocycles. The van der Waals surface area contributed by atoms with Crippen LogP contribution >= 0.6 is 11.6 Å². The minimum Gasteiger partial charge on any atom is -0.376 e. The van der Waals surface area contributed by atoms with Gasteiger partial charge in [-0.15, -0.1) is 0 Å². The third-order valence-corrected chi connectivity index (χ3v) is 4.56. The number of nitrogens with zero attached hydrogens (tertiary/aromatic N) is 2. The summed E-state index contributed by atoms with van der Waals surface area (Å²) < 4.78 is 7.78. The van der Waals surface area contributed by atoms with Crippen molar-refractivity contribution in [3.8, 4) is 0 Å². The van der Waals surface area contributed by atoms with Crippen molar-refractivity contribution in [1.29, 1.82) is 0 Å². The molecule has 0 bridgehead atoms. The van der Waals surface area contributed by atoms with E-state index in [1.807, 2.05) is 18.8 Å². The molecule has 0 radical (unpaired) electrons. The second-order valence-corrected chi connectivity index (χ2v) is 5.76. The SMILES string of the molecule is CCc1nn(C)c(CC(NC)C2OCCC2C)c1Cl. The van der Waals surface area contributed by atoms with Gasteiger partial charge in [0.2, 0.25) is 0 Å². The van der Waals surface area contributed by atoms with Gasteiger partial charge in [0.1, 0.15) is 0 Å². The highest BCUT2D eigenvalue weighted by molar-refractivity contribution is 6.31. The number of aromatic nitrogens is 2. The minimum atomic E-state index is 0.265. The molecule has 0 saturated carbocycles. The third-order valence-electron chi connectivity index (χ3n) is 4.13. The molecular formula is C14H24ClN3O. The monoisotopic (exact) mass is 285 g/mol. The number of rotatable bonds is 5. The summed E-state index contributed by atoms with van der Waals surface area (Å²) in [5.74, 6) is 0.593. The fourth-order valence-corrected chi connectivity index (χ4v) is 3.23. The number of halogens is 1. The zero-order valence-electron chi connectivity index (χ0n) is 12.2. The molecule has 2 rings (SSSR count). The van der Waals surface area contributed by atoms with E-state index in [9.17, 15) is 0 Å². The van der Waals surface area contributed by atoms with Crippen LogP contribution in [0.25, 0.3) is 0 Å². The molecule has 0 spiro atoms. The van der Waals surface area contributed by atoms with Gasteiger partial charge in [0, 0.05) is 26.1 Å². The predicted octanol–water partition coefficient (Wildman–Crippen LogP) is 2.19. The summed E-state index contributed by atoms with van der Waals surface area (Å²) in [6, 6.07) is 0.287. The Morgan fingerprint density at radius 2 is 2.32 bits per heavy atom. The van der Waals surface area contributed by atoms with E-state index in [-0.39, 0.29) is 12.1 Å². The summed E-state index contributed by atoms with van der Waals surface area (Å²) >= 11 is 6.42. The van der Waals surface area contributed by atoms with Crippen molar-refractivity contribution in [2.75, 3.05) is 13.7 Å². The Kier molecular flexibility index (Phi) is 4.87. The second kappa shape index (κ2) is 6.25. The molecule has 5 heteroatoms. The van der Waals surface area contributed by atoms with Gasteiger partial charge in [-0.1, -0.05) is 25.4 Å². The van der Waals surface area contributed by atoms with Crippen LogP contribution in [0.1, 0.15) is 31.7 Å². The minimum absolute atomic E-state index is 0.265. The van der Waals surface area contributed by atoms with E-state index in [0.717, 1.165) is 42.3 Å². The van der Waals surface area contributed by atoms with Crippen molar-refractivity contribution < 1.29 is 4.74 Å². The van der Waals surface area contributed by atoms with Crippen LogP contribution < -0.4 is 5.32 Å². The fraction of sp³-hybridized carbons (Fsp3) is 0.786. The Balaban J connectivity index is 2.16. The van der Waals surface area contributed by atoms with Crippen molar-refractivity contribution in [2.24, 2.45) is 13.0 Å². The predicted molar refractivity (Wildman–Crippen MR) is 77.7 cm³/mol. The maximum absolute atomic E-state index is 6.42. The van der Waals surface area contributed by atoms with E-state index in [2.05, 4.69) is 24.3 Å². The second-order valence-electron chi connectivity index (χ2n) is 5.39. The molecular weight excluding hydrogens is 262 g/mol. The Labute approximate surface area is 120 Å². The Hall–Kier alpha value is -0.580. The van der Waals surface area contributed by atoms with Crippen molar-refractivity contribution in [1.82, 2.24) is 15.1 Å². The van der Waals surface area contributed by atoms with Crippen molar-refractivity contribution in [3.05, 3.63) is 16.4 Å². The molecule has 0 aromatic carbocycles. The smallest absolute Gasteiger partial charge is 0.0850 e. The lowest BCUT2D eigenvalue weighted by Crippen LogP contribution is -2.42. The summed E-state index contributed by atoms with van der Waals surface area (Å²) in [5.41, 5.74) is 2.08. The molecule has 108 valence electrons. The Morgan fingerprint density at radius 3 is 2.79 bits per heavy atom. The van der Waals surface area contributed by atoms with Crippen LogP contribution in [-0.2, 0) is 24.6 Å². The molecule has 4 nitrogen and oxygen atoms in total. The Morgan fingerprint density at radius 1 is 1.58 bits per heavy atom. The molecule has 1 aromatic heterocycles. The third kappa shape index (κ3) is 2.96. The van der Waals surface area contributed by atoms with Gasteiger partial charge in [-0.2, -0.15) is 5.10 Å². The van der Waals surface area contributed by atoms with Gasteiger partial charge in [0.05, 0.1) is 22.5 Å². The maximum atomic E-state index is 6.42. The number of hydrogen-bond donors (Lipinski definition) is 1. The summed E-state index contributed by atoms with van der Waals surface area (Å²) in [7, 11) is 3.95. The van der Waals surface area contributed by atoms with E-state index >= 15 is 0 Å². The van der Waals surface area contributed by atoms with Crippen molar-refractivity contribution in [2.45, 2.75) is 45.3 Å². The number of likely N-dealkylation sites (N-methyl/N-ethyl adjacent to an activating group) is 1. The number of hydrogen-bond acceptors (Lipinski definition) is 3. The zero-order chi connectivity index (χ0) is 14.0. The molecule has 1 aromatic rings. The maximum Gasteiger partial charge on any atom is 0.0850 e. The fourth-order valence-electron chi connectivity index (χ4n) is 2.86. The normalized spacial score (nSPS) is 24.9. The molecule has 3 atom stereocenters. The number of nitrogens with one attached hydrogen (secondary N) is 1. The average Bonchev–Trinajstić information content (AvgIpc) is 2.93. The molecule has 2 heterocycles. The largest absolute Gasteiger partial charge is 0.376 e. The van der Waals surface area contributed by atoms with E-state index in [1.165, 1.54) is 0 Å². The van der Waals surface area contributed by atoms with Gasteiger partial charge in [-0.3, -0.25) is 4.68 Å². The molecule has 1 saturated heterocycles. The first-order valence-corrected chi connectivity index (χ1v) is 7.45. The standard InChI is InChI=1S/C14H24ClN3O/c1-5-10-13(15)12(18(4)17-10)8-11(16-3)14-9(2)6-7-19-14/h9,11,14,16H,5-8H2,1-4H3. The molecule has 1 aliphatic heterocycles. The van der Waals surface area contributed by atoms with E-state index in [1.54, 1.807) is 0 Å².